The number of benzene rings is 1. The summed E-state index contributed by atoms with van der Waals surface area (Å²) in [5, 5.41) is 8.60. The van der Waals surface area contributed by atoms with Crippen LogP contribution >= 0.6 is 0 Å². The molecule has 82 valence electrons. The monoisotopic (exact) mass is 212 g/mol. The lowest BCUT2D eigenvalue weighted by atomic mass is 10.1. The highest BCUT2D eigenvalue weighted by atomic mass is 19.1. The van der Waals surface area contributed by atoms with E-state index in [1.807, 2.05) is 0 Å². The highest BCUT2D eigenvalue weighted by molar-refractivity contribution is 5.69. The van der Waals surface area contributed by atoms with Crippen molar-refractivity contribution in [2.75, 3.05) is 6.61 Å². The zero-order valence-corrected chi connectivity index (χ0v) is 8.44. The Bertz CT molecular complexity index is 338. The summed E-state index contributed by atoms with van der Waals surface area (Å²) in [4.78, 5) is 10.5. The SMILES string of the molecule is CC(CCOc1ccccc1F)C(=O)O. The van der Waals surface area contributed by atoms with Crippen LogP contribution in [0.3, 0.4) is 0 Å². The van der Waals surface area contributed by atoms with E-state index in [4.69, 9.17) is 9.84 Å². The zero-order chi connectivity index (χ0) is 11.3. The highest BCUT2D eigenvalue weighted by Crippen LogP contribution is 2.16. The van der Waals surface area contributed by atoms with Gasteiger partial charge in [-0.15, -0.1) is 0 Å². The minimum absolute atomic E-state index is 0.162. The number of aliphatic carboxylic acids is 1. The molecule has 0 radical (unpaired) electrons. The number of carbonyl (C=O) groups is 1. The van der Waals surface area contributed by atoms with Crippen molar-refractivity contribution < 1.29 is 19.0 Å². The number of carboxylic acid groups (broad SMARTS) is 1. The molecule has 1 aromatic carbocycles. The topological polar surface area (TPSA) is 46.5 Å². The van der Waals surface area contributed by atoms with E-state index in [0.717, 1.165) is 0 Å². The molecule has 0 aromatic heterocycles. The number of carboxylic acids is 1. The first kappa shape index (κ1) is 11.5. The van der Waals surface area contributed by atoms with Crippen molar-refractivity contribution >= 4 is 5.97 Å². The Labute approximate surface area is 87.5 Å². The first-order chi connectivity index (χ1) is 7.11. The minimum Gasteiger partial charge on any atom is -0.490 e. The van der Waals surface area contributed by atoms with E-state index in [1.54, 1.807) is 19.1 Å². The molecule has 4 heteroatoms. The second kappa shape index (κ2) is 5.34. The van der Waals surface area contributed by atoms with Gasteiger partial charge < -0.3 is 9.84 Å². The molecule has 0 amide bonds. The summed E-state index contributed by atoms with van der Waals surface area (Å²) in [6.45, 7) is 1.79. The predicted octanol–water partition coefficient (Wildman–Crippen LogP) is 2.32. The molecule has 0 fully saturated rings. The molecule has 0 aliphatic heterocycles. The second-order valence-corrected chi connectivity index (χ2v) is 3.31. The van der Waals surface area contributed by atoms with E-state index in [1.165, 1.54) is 12.1 Å². The molecule has 0 saturated carbocycles. The Hall–Kier alpha value is -1.58. The van der Waals surface area contributed by atoms with Crippen LogP contribution in [0.2, 0.25) is 0 Å². The van der Waals surface area contributed by atoms with Crippen molar-refractivity contribution in [2.45, 2.75) is 13.3 Å². The molecule has 0 saturated heterocycles. The zero-order valence-electron chi connectivity index (χ0n) is 8.44. The van der Waals surface area contributed by atoms with Crippen LogP contribution in [0.1, 0.15) is 13.3 Å². The van der Waals surface area contributed by atoms with Gasteiger partial charge in [-0.3, -0.25) is 4.79 Å². The molecule has 0 aliphatic rings. The van der Waals surface area contributed by atoms with E-state index in [9.17, 15) is 9.18 Å². The molecular weight excluding hydrogens is 199 g/mol. The summed E-state index contributed by atoms with van der Waals surface area (Å²) < 4.78 is 18.2. The van der Waals surface area contributed by atoms with Crippen LogP contribution in [0.25, 0.3) is 0 Å². The first-order valence-electron chi connectivity index (χ1n) is 4.71. The molecule has 0 bridgehead atoms. The molecule has 1 aromatic rings. The fraction of sp³-hybridized carbons (Fsp3) is 0.364. The molecule has 0 aliphatic carbocycles. The number of ether oxygens (including phenoxy) is 1. The molecule has 15 heavy (non-hydrogen) atoms. The quantitative estimate of drug-likeness (QED) is 0.814. The molecule has 0 heterocycles. The maximum atomic E-state index is 13.0. The third-order valence-corrected chi connectivity index (χ3v) is 2.07. The largest absolute Gasteiger partial charge is 0.490 e. The Kier molecular flexibility index (Phi) is 4.09. The first-order valence-corrected chi connectivity index (χ1v) is 4.71. The van der Waals surface area contributed by atoms with Gasteiger partial charge in [0.05, 0.1) is 12.5 Å². The Balaban J connectivity index is 2.38. The minimum atomic E-state index is -0.868. The van der Waals surface area contributed by atoms with Crippen LogP contribution in [-0.4, -0.2) is 17.7 Å². The fourth-order valence-corrected chi connectivity index (χ4v) is 1.03. The maximum absolute atomic E-state index is 13.0. The second-order valence-electron chi connectivity index (χ2n) is 3.31. The van der Waals surface area contributed by atoms with Gasteiger partial charge >= 0.3 is 5.97 Å². The smallest absolute Gasteiger partial charge is 0.306 e. The summed E-state index contributed by atoms with van der Waals surface area (Å²) in [6.07, 6.45) is 0.365. The summed E-state index contributed by atoms with van der Waals surface area (Å²) in [6, 6.07) is 6.05. The normalized spacial score (nSPS) is 12.1. The number of hydrogen-bond donors (Lipinski definition) is 1. The lowest BCUT2D eigenvalue weighted by Gasteiger charge is -2.08. The average Bonchev–Trinajstić information content (AvgIpc) is 2.20. The molecule has 3 nitrogen and oxygen atoms in total. The van der Waals surface area contributed by atoms with Gasteiger partial charge in [0.25, 0.3) is 0 Å². The molecule has 1 rings (SSSR count). The Morgan fingerprint density at radius 2 is 2.20 bits per heavy atom. The Morgan fingerprint density at radius 1 is 1.53 bits per heavy atom. The van der Waals surface area contributed by atoms with Gasteiger partial charge in [0, 0.05) is 0 Å². The van der Waals surface area contributed by atoms with Gasteiger partial charge in [-0.25, -0.2) is 4.39 Å². The third-order valence-electron chi connectivity index (χ3n) is 2.07. The van der Waals surface area contributed by atoms with Crippen molar-refractivity contribution in [2.24, 2.45) is 5.92 Å². The number of rotatable bonds is 5. The standard InChI is InChI=1S/C11H13FO3/c1-8(11(13)14)6-7-15-10-5-3-2-4-9(10)12/h2-5,8H,6-7H2,1H3,(H,13,14). The van der Waals surface area contributed by atoms with Gasteiger partial charge in [-0.2, -0.15) is 0 Å². The van der Waals surface area contributed by atoms with Gasteiger partial charge in [-0.1, -0.05) is 19.1 Å². The van der Waals surface area contributed by atoms with Crippen molar-refractivity contribution in [1.29, 1.82) is 0 Å². The van der Waals surface area contributed by atoms with Gasteiger partial charge in [-0.05, 0) is 18.6 Å². The van der Waals surface area contributed by atoms with E-state index < -0.39 is 17.7 Å². The van der Waals surface area contributed by atoms with Gasteiger partial charge in [0.1, 0.15) is 0 Å². The molecule has 1 N–H and O–H groups in total. The predicted molar refractivity (Wildman–Crippen MR) is 53.3 cm³/mol. The van der Waals surface area contributed by atoms with Crippen LogP contribution in [0.15, 0.2) is 24.3 Å². The lowest BCUT2D eigenvalue weighted by Crippen LogP contribution is -2.13. The number of para-hydroxylation sites is 1. The van der Waals surface area contributed by atoms with Gasteiger partial charge in [0.15, 0.2) is 11.6 Å². The summed E-state index contributed by atoms with van der Waals surface area (Å²) in [5.74, 6) is -1.61. The molecule has 1 atom stereocenters. The van der Waals surface area contributed by atoms with E-state index in [0.29, 0.717) is 6.42 Å². The van der Waals surface area contributed by atoms with E-state index >= 15 is 0 Å². The maximum Gasteiger partial charge on any atom is 0.306 e. The summed E-state index contributed by atoms with van der Waals surface area (Å²) >= 11 is 0. The molecule has 1 unspecified atom stereocenters. The van der Waals surface area contributed by atoms with Crippen molar-refractivity contribution in [3.63, 3.8) is 0 Å². The van der Waals surface area contributed by atoms with Crippen LogP contribution < -0.4 is 4.74 Å². The van der Waals surface area contributed by atoms with Crippen molar-refractivity contribution in [3.8, 4) is 5.75 Å². The average molecular weight is 212 g/mol. The van der Waals surface area contributed by atoms with Crippen molar-refractivity contribution in [3.05, 3.63) is 30.1 Å². The highest BCUT2D eigenvalue weighted by Gasteiger charge is 2.11. The van der Waals surface area contributed by atoms with Crippen LogP contribution in [-0.2, 0) is 4.79 Å². The van der Waals surface area contributed by atoms with Crippen molar-refractivity contribution in [1.82, 2.24) is 0 Å². The number of halogens is 1. The Morgan fingerprint density at radius 3 is 2.80 bits per heavy atom. The summed E-state index contributed by atoms with van der Waals surface area (Å²) in [5.41, 5.74) is 0. The van der Waals surface area contributed by atoms with Crippen LogP contribution in [0, 0.1) is 11.7 Å². The van der Waals surface area contributed by atoms with Crippen LogP contribution in [0.5, 0.6) is 5.75 Å². The van der Waals surface area contributed by atoms with Gasteiger partial charge in [0.2, 0.25) is 0 Å². The molecule has 0 spiro atoms. The lowest BCUT2D eigenvalue weighted by molar-refractivity contribution is -0.141. The van der Waals surface area contributed by atoms with E-state index in [-0.39, 0.29) is 12.4 Å². The third kappa shape index (κ3) is 3.58. The van der Waals surface area contributed by atoms with E-state index in [2.05, 4.69) is 0 Å². The summed E-state index contributed by atoms with van der Waals surface area (Å²) in [7, 11) is 0. The number of hydrogen-bond acceptors (Lipinski definition) is 2. The molecular formula is C11H13FO3. The van der Waals surface area contributed by atoms with Crippen LogP contribution in [0.4, 0.5) is 4.39 Å². The fourth-order valence-electron chi connectivity index (χ4n) is 1.03.